The molecule has 0 unspecified atom stereocenters. The molecule has 0 saturated carbocycles. The Labute approximate surface area is 52.9 Å². The van der Waals surface area contributed by atoms with Crippen molar-refractivity contribution in [1.29, 1.82) is 0 Å². The van der Waals surface area contributed by atoms with E-state index in [1.54, 1.807) is 0 Å². The van der Waals surface area contributed by atoms with Crippen LogP contribution in [0.3, 0.4) is 0 Å². The highest BCUT2D eigenvalue weighted by Crippen LogP contribution is 2.19. The van der Waals surface area contributed by atoms with Gasteiger partial charge in [-0.05, 0) is 6.07 Å². The summed E-state index contributed by atoms with van der Waals surface area (Å²) in [6.07, 6.45) is 1.37. The average molecular weight is 124 g/mol. The first-order chi connectivity index (χ1) is 4.34. The van der Waals surface area contributed by atoms with E-state index in [1.165, 1.54) is 19.4 Å². The summed E-state index contributed by atoms with van der Waals surface area (Å²) in [5.41, 5.74) is 0. The number of hydrogen-bond acceptors (Lipinski definition) is 3. The fraction of sp³-hybridized carbons (Fsp3) is 0.167. The Bertz CT molecular complexity index is 200. The van der Waals surface area contributed by atoms with E-state index in [4.69, 9.17) is 9.84 Å². The van der Waals surface area contributed by atoms with E-state index in [0.717, 1.165) is 0 Å². The van der Waals surface area contributed by atoms with Gasteiger partial charge in [0.2, 0.25) is 0 Å². The Hall–Kier alpha value is -1.25. The molecule has 1 aromatic heterocycles. The van der Waals surface area contributed by atoms with Gasteiger partial charge in [-0.25, -0.2) is 4.98 Å². The fourth-order valence-corrected chi connectivity index (χ4v) is 0.490. The van der Waals surface area contributed by atoms with Crippen LogP contribution in [0.2, 0.25) is 0 Å². The monoisotopic (exact) mass is 124 g/mol. The fourth-order valence-electron chi connectivity index (χ4n) is 0.490. The molecule has 0 spiro atoms. The first-order valence-corrected chi connectivity index (χ1v) is 2.43. The molecular weight excluding hydrogens is 118 g/mol. The molecule has 0 aliphatic carbocycles. The zero-order valence-corrected chi connectivity index (χ0v) is 4.96. The van der Waals surface area contributed by atoms with Crippen LogP contribution in [0.25, 0.3) is 0 Å². The van der Waals surface area contributed by atoms with Crippen molar-refractivity contribution in [3.63, 3.8) is 0 Å². The van der Waals surface area contributed by atoms with Crippen LogP contribution in [-0.2, 0) is 0 Å². The van der Waals surface area contributed by atoms with Crippen molar-refractivity contribution in [2.45, 2.75) is 0 Å². The molecule has 1 aromatic rings. The van der Waals surface area contributed by atoms with E-state index in [-0.39, 0.29) is 5.88 Å². The predicted molar refractivity (Wildman–Crippen MR) is 31.3 cm³/mol. The van der Waals surface area contributed by atoms with Gasteiger partial charge in [0.1, 0.15) is 0 Å². The van der Waals surface area contributed by atoms with Crippen LogP contribution in [0.4, 0.5) is 0 Å². The second-order valence-electron chi connectivity index (χ2n) is 1.46. The highest BCUT2D eigenvalue weighted by atomic mass is 16.5. The topological polar surface area (TPSA) is 42.4 Å². The van der Waals surface area contributed by atoms with Crippen molar-refractivity contribution in [2.24, 2.45) is 0 Å². The summed E-state index contributed by atoms with van der Waals surface area (Å²) in [6, 6.07) is 4.17. The maximum atomic E-state index is 8.85. The van der Waals surface area contributed by atoms with Crippen molar-refractivity contribution >= 4 is 0 Å². The molecule has 1 radical (unpaired) electrons. The lowest BCUT2D eigenvalue weighted by molar-refractivity contribution is 0.363. The lowest BCUT2D eigenvalue weighted by Crippen LogP contribution is -1.83. The van der Waals surface area contributed by atoms with Gasteiger partial charge in [-0.15, -0.1) is 0 Å². The predicted octanol–water partition coefficient (Wildman–Crippen LogP) is 0.596. The molecule has 0 aromatic carbocycles. The van der Waals surface area contributed by atoms with Crippen molar-refractivity contribution in [3.05, 3.63) is 18.3 Å². The van der Waals surface area contributed by atoms with Crippen molar-refractivity contribution in [3.8, 4) is 11.6 Å². The Morgan fingerprint density at radius 2 is 2.56 bits per heavy atom. The Balaban J connectivity index is 3.01. The molecule has 1 heterocycles. The van der Waals surface area contributed by atoms with Gasteiger partial charge >= 0.3 is 0 Å². The van der Waals surface area contributed by atoms with Gasteiger partial charge < -0.3 is 9.84 Å². The molecule has 0 amide bonds. The zero-order valence-electron chi connectivity index (χ0n) is 4.96. The minimum Gasteiger partial charge on any atom is -0.491 e. The molecule has 3 nitrogen and oxygen atoms in total. The summed E-state index contributed by atoms with van der Waals surface area (Å²) in [6.45, 7) is 0. The highest BCUT2D eigenvalue weighted by Gasteiger charge is 1.96. The second kappa shape index (κ2) is 2.35. The van der Waals surface area contributed by atoms with Crippen molar-refractivity contribution in [1.82, 2.24) is 4.98 Å². The Morgan fingerprint density at radius 3 is 3.00 bits per heavy atom. The number of aromatic nitrogens is 1. The van der Waals surface area contributed by atoms with Crippen molar-refractivity contribution in [2.75, 3.05) is 7.11 Å². The Kier molecular flexibility index (Phi) is 1.53. The number of hydrogen-bond donors (Lipinski definition) is 1. The molecular formula is C6H6NO2. The molecule has 0 aliphatic rings. The summed E-state index contributed by atoms with van der Waals surface area (Å²) in [7, 11) is 1.46. The van der Waals surface area contributed by atoms with Crippen LogP contribution in [0.15, 0.2) is 12.3 Å². The SMILES string of the molecule is COc1c[c]cnc1O. The average Bonchev–Trinajstić information content (AvgIpc) is 1.89. The number of rotatable bonds is 1. The van der Waals surface area contributed by atoms with E-state index in [2.05, 4.69) is 11.1 Å². The molecule has 0 atom stereocenters. The third-order valence-electron chi connectivity index (χ3n) is 0.916. The number of methoxy groups -OCH3 is 1. The first-order valence-electron chi connectivity index (χ1n) is 2.43. The zero-order chi connectivity index (χ0) is 6.69. The van der Waals surface area contributed by atoms with Crippen LogP contribution in [0, 0.1) is 6.07 Å². The molecule has 0 fully saturated rings. The molecule has 9 heavy (non-hydrogen) atoms. The molecule has 1 rings (SSSR count). The van der Waals surface area contributed by atoms with Crippen molar-refractivity contribution < 1.29 is 9.84 Å². The summed E-state index contributed by atoms with van der Waals surface area (Å²) >= 11 is 0. The molecule has 1 N–H and O–H groups in total. The summed E-state index contributed by atoms with van der Waals surface area (Å²) in [5.74, 6) is 0.244. The lowest BCUT2D eigenvalue weighted by Gasteiger charge is -1.97. The van der Waals surface area contributed by atoms with Crippen LogP contribution in [0.1, 0.15) is 0 Å². The molecule has 3 heteroatoms. The number of aromatic hydroxyl groups is 1. The van der Waals surface area contributed by atoms with Gasteiger partial charge in [0.05, 0.1) is 7.11 Å². The summed E-state index contributed by atoms with van der Waals surface area (Å²) in [5, 5.41) is 8.85. The van der Waals surface area contributed by atoms with Gasteiger partial charge in [-0.1, -0.05) is 0 Å². The first kappa shape index (κ1) is 5.88. The highest BCUT2D eigenvalue weighted by molar-refractivity contribution is 5.29. The van der Waals surface area contributed by atoms with E-state index in [0.29, 0.717) is 5.75 Å². The third kappa shape index (κ3) is 1.10. The number of ether oxygens (including phenoxy) is 1. The van der Waals surface area contributed by atoms with Gasteiger partial charge in [-0.3, -0.25) is 0 Å². The van der Waals surface area contributed by atoms with Gasteiger partial charge in [-0.2, -0.15) is 0 Å². The number of pyridine rings is 1. The van der Waals surface area contributed by atoms with Crippen LogP contribution >= 0.6 is 0 Å². The minimum atomic E-state index is -0.101. The second-order valence-corrected chi connectivity index (χ2v) is 1.46. The van der Waals surface area contributed by atoms with Crippen LogP contribution in [0.5, 0.6) is 11.6 Å². The molecule has 47 valence electrons. The maximum absolute atomic E-state index is 8.85. The van der Waals surface area contributed by atoms with E-state index in [1.807, 2.05) is 0 Å². The van der Waals surface area contributed by atoms with Gasteiger partial charge in [0.25, 0.3) is 5.88 Å². The maximum Gasteiger partial charge on any atom is 0.254 e. The number of nitrogens with zero attached hydrogens (tertiary/aromatic N) is 1. The largest absolute Gasteiger partial charge is 0.491 e. The van der Waals surface area contributed by atoms with Gasteiger partial charge in [0, 0.05) is 12.3 Å². The Morgan fingerprint density at radius 1 is 1.78 bits per heavy atom. The third-order valence-corrected chi connectivity index (χ3v) is 0.916. The van der Waals surface area contributed by atoms with E-state index >= 15 is 0 Å². The van der Waals surface area contributed by atoms with Crippen LogP contribution in [-0.4, -0.2) is 17.2 Å². The molecule has 0 aliphatic heterocycles. The van der Waals surface area contributed by atoms with Gasteiger partial charge in [0.15, 0.2) is 5.75 Å². The summed E-state index contributed by atoms with van der Waals surface area (Å²) in [4.78, 5) is 3.52. The molecule has 0 saturated heterocycles. The standard InChI is InChI=1S/C6H6NO2/c1-9-5-3-2-4-7-6(5)8/h3-4H,1H3,(H,7,8). The lowest BCUT2D eigenvalue weighted by atomic mass is 10.4. The van der Waals surface area contributed by atoms with Crippen LogP contribution < -0.4 is 4.74 Å². The summed E-state index contributed by atoms with van der Waals surface area (Å²) < 4.78 is 4.70. The van der Waals surface area contributed by atoms with E-state index < -0.39 is 0 Å². The molecule has 0 bridgehead atoms. The smallest absolute Gasteiger partial charge is 0.254 e. The quantitative estimate of drug-likeness (QED) is 0.596. The minimum absolute atomic E-state index is 0.101. The normalized spacial score (nSPS) is 9.00. The van der Waals surface area contributed by atoms with E-state index in [9.17, 15) is 0 Å².